The van der Waals surface area contributed by atoms with Crippen molar-refractivity contribution < 1.29 is 14.3 Å². The van der Waals surface area contributed by atoms with Gasteiger partial charge in [0.2, 0.25) is 5.91 Å². The molecule has 0 saturated heterocycles. The summed E-state index contributed by atoms with van der Waals surface area (Å²) in [5, 5.41) is 3.13. The molecule has 5 nitrogen and oxygen atoms in total. The van der Waals surface area contributed by atoms with Crippen molar-refractivity contribution in [2.24, 2.45) is 5.73 Å². The van der Waals surface area contributed by atoms with E-state index in [1.54, 1.807) is 7.11 Å². The second-order valence-electron chi connectivity index (χ2n) is 4.86. The Balaban J connectivity index is 2.42. The number of amides is 1. The molecule has 0 aliphatic rings. The van der Waals surface area contributed by atoms with Crippen LogP contribution in [0.3, 0.4) is 0 Å². The van der Waals surface area contributed by atoms with Crippen LogP contribution in [-0.2, 0) is 4.79 Å². The lowest BCUT2D eigenvalue weighted by molar-refractivity contribution is -0.124. The Hall–Kier alpha value is -1.75. The minimum atomic E-state index is -0.674. The first-order chi connectivity index (χ1) is 9.51. The fourth-order valence-electron chi connectivity index (χ4n) is 2.00. The standard InChI is InChI=1S/C15H24N2O3/c1-4-17-15(2,14(16)18)9-6-10-20-13-8-5-7-12(11-13)19-3/h5,7-8,11,17H,4,6,9-10H2,1-3H3,(H2,16,18). The van der Waals surface area contributed by atoms with E-state index in [0.717, 1.165) is 17.9 Å². The van der Waals surface area contributed by atoms with Crippen molar-refractivity contribution in [3.63, 3.8) is 0 Å². The molecule has 0 aromatic heterocycles. The number of carbonyl (C=O) groups is 1. The zero-order chi connectivity index (χ0) is 15.0. The van der Waals surface area contributed by atoms with Crippen LogP contribution in [0.5, 0.6) is 11.5 Å². The summed E-state index contributed by atoms with van der Waals surface area (Å²) in [6.45, 7) is 5.01. The second kappa shape index (κ2) is 7.75. The lowest BCUT2D eigenvalue weighted by Crippen LogP contribution is -2.53. The Morgan fingerprint density at radius 2 is 2.10 bits per heavy atom. The molecule has 0 aliphatic carbocycles. The molecular weight excluding hydrogens is 256 g/mol. The number of ether oxygens (including phenoxy) is 2. The predicted octanol–water partition coefficient (Wildman–Crippen LogP) is 1.71. The summed E-state index contributed by atoms with van der Waals surface area (Å²) in [5.41, 5.74) is 4.76. The minimum absolute atomic E-state index is 0.333. The van der Waals surface area contributed by atoms with E-state index in [-0.39, 0.29) is 5.91 Å². The van der Waals surface area contributed by atoms with Gasteiger partial charge in [0.05, 0.1) is 19.3 Å². The van der Waals surface area contributed by atoms with Gasteiger partial charge in [-0.25, -0.2) is 0 Å². The molecule has 0 heterocycles. The number of nitrogens with one attached hydrogen (secondary N) is 1. The minimum Gasteiger partial charge on any atom is -0.497 e. The average molecular weight is 280 g/mol. The molecule has 0 bridgehead atoms. The van der Waals surface area contributed by atoms with Crippen LogP contribution in [0.1, 0.15) is 26.7 Å². The zero-order valence-corrected chi connectivity index (χ0v) is 12.4. The Morgan fingerprint density at radius 1 is 1.40 bits per heavy atom. The number of rotatable bonds is 9. The van der Waals surface area contributed by atoms with Crippen molar-refractivity contribution in [3.05, 3.63) is 24.3 Å². The molecule has 0 spiro atoms. The van der Waals surface area contributed by atoms with Gasteiger partial charge < -0.3 is 20.5 Å². The first-order valence-corrected chi connectivity index (χ1v) is 6.83. The molecule has 1 rings (SSSR count). The Bertz CT molecular complexity index is 437. The van der Waals surface area contributed by atoms with Crippen molar-refractivity contribution in [1.82, 2.24) is 5.32 Å². The maximum atomic E-state index is 11.5. The Labute approximate surface area is 120 Å². The molecule has 1 unspecified atom stereocenters. The fourth-order valence-corrected chi connectivity index (χ4v) is 2.00. The van der Waals surface area contributed by atoms with Crippen molar-refractivity contribution in [2.75, 3.05) is 20.3 Å². The molecule has 3 N–H and O–H groups in total. The van der Waals surface area contributed by atoms with Gasteiger partial charge in [-0.05, 0) is 38.4 Å². The summed E-state index contributed by atoms with van der Waals surface area (Å²) in [4.78, 5) is 11.5. The van der Waals surface area contributed by atoms with Gasteiger partial charge in [0, 0.05) is 6.07 Å². The van der Waals surface area contributed by atoms with E-state index >= 15 is 0 Å². The number of primary amides is 1. The molecule has 1 aromatic rings. The average Bonchev–Trinajstić information content (AvgIpc) is 2.44. The van der Waals surface area contributed by atoms with Gasteiger partial charge >= 0.3 is 0 Å². The van der Waals surface area contributed by atoms with Gasteiger partial charge in [-0.15, -0.1) is 0 Å². The van der Waals surface area contributed by atoms with Crippen molar-refractivity contribution >= 4 is 5.91 Å². The van der Waals surface area contributed by atoms with Crippen LogP contribution in [0.2, 0.25) is 0 Å². The maximum absolute atomic E-state index is 11.5. The molecule has 1 aromatic carbocycles. The molecule has 0 saturated carbocycles. The number of likely N-dealkylation sites (N-methyl/N-ethyl adjacent to an activating group) is 1. The molecule has 0 aliphatic heterocycles. The normalized spacial score (nSPS) is 13.6. The summed E-state index contributed by atoms with van der Waals surface area (Å²) in [7, 11) is 1.62. The predicted molar refractivity (Wildman–Crippen MR) is 79.0 cm³/mol. The molecule has 1 amide bonds. The fraction of sp³-hybridized carbons (Fsp3) is 0.533. The molecule has 5 heteroatoms. The van der Waals surface area contributed by atoms with Crippen LogP contribution in [0.15, 0.2) is 24.3 Å². The SMILES string of the molecule is CCNC(C)(CCCOc1cccc(OC)c1)C(N)=O. The third-order valence-electron chi connectivity index (χ3n) is 3.24. The number of carbonyl (C=O) groups excluding carboxylic acids is 1. The highest BCUT2D eigenvalue weighted by Gasteiger charge is 2.29. The van der Waals surface area contributed by atoms with Gasteiger partial charge in [0.25, 0.3) is 0 Å². The van der Waals surface area contributed by atoms with E-state index in [1.165, 1.54) is 0 Å². The van der Waals surface area contributed by atoms with E-state index in [4.69, 9.17) is 15.2 Å². The molecular formula is C15H24N2O3. The van der Waals surface area contributed by atoms with Crippen molar-refractivity contribution in [2.45, 2.75) is 32.2 Å². The third-order valence-corrected chi connectivity index (χ3v) is 3.24. The molecule has 0 radical (unpaired) electrons. The quantitative estimate of drug-likeness (QED) is 0.675. The van der Waals surface area contributed by atoms with Crippen molar-refractivity contribution in [3.8, 4) is 11.5 Å². The van der Waals surface area contributed by atoms with E-state index in [0.29, 0.717) is 19.6 Å². The molecule has 0 fully saturated rings. The van der Waals surface area contributed by atoms with Crippen molar-refractivity contribution in [1.29, 1.82) is 0 Å². The summed E-state index contributed by atoms with van der Waals surface area (Å²) in [6.07, 6.45) is 1.38. The van der Waals surface area contributed by atoms with Gasteiger partial charge in [-0.3, -0.25) is 4.79 Å². The summed E-state index contributed by atoms with van der Waals surface area (Å²) >= 11 is 0. The van der Waals surface area contributed by atoms with Gasteiger partial charge in [0.1, 0.15) is 11.5 Å². The number of nitrogens with two attached hydrogens (primary N) is 1. The van der Waals surface area contributed by atoms with Crippen LogP contribution < -0.4 is 20.5 Å². The second-order valence-corrected chi connectivity index (χ2v) is 4.86. The number of hydrogen-bond donors (Lipinski definition) is 2. The zero-order valence-electron chi connectivity index (χ0n) is 12.4. The van der Waals surface area contributed by atoms with E-state index < -0.39 is 5.54 Å². The lowest BCUT2D eigenvalue weighted by atomic mass is 9.95. The number of methoxy groups -OCH3 is 1. The summed E-state index contributed by atoms with van der Waals surface area (Å²) in [5.74, 6) is 1.19. The Morgan fingerprint density at radius 3 is 2.70 bits per heavy atom. The highest BCUT2D eigenvalue weighted by Crippen LogP contribution is 2.19. The Kier molecular flexibility index (Phi) is 6.31. The van der Waals surface area contributed by atoms with E-state index in [9.17, 15) is 4.79 Å². The van der Waals surface area contributed by atoms with E-state index in [1.807, 2.05) is 38.1 Å². The van der Waals surface area contributed by atoms with Crippen LogP contribution >= 0.6 is 0 Å². The van der Waals surface area contributed by atoms with Gasteiger partial charge in [-0.2, -0.15) is 0 Å². The number of hydrogen-bond acceptors (Lipinski definition) is 4. The number of benzene rings is 1. The summed E-state index contributed by atoms with van der Waals surface area (Å²) in [6, 6.07) is 7.44. The smallest absolute Gasteiger partial charge is 0.237 e. The first-order valence-electron chi connectivity index (χ1n) is 6.83. The topological polar surface area (TPSA) is 73.6 Å². The highest BCUT2D eigenvalue weighted by molar-refractivity contribution is 5.84. The van der Waals surface area contributed by atoms with Gasteiger partial charge in [-0.1, -0.05) is 13.0 Å². The molecule has 20 heavy (non-hydrogen) atoms. The van der Waals surface area contributed by atoms with E-state index in [2.05, 4.69) is 5.32 Å². The highest BCUT2D eigenvalue weighted by atomic mass is 16.5. The monoisotopic (exact) mass is 280 g/mol. The molecule has 1 atom stereocenters. The largest absolute Gasteiger partial charge is 0.497 e. The summed E-state index contributed by atoms with van der Waals surface area (Å²) < 4.78 is 10.8. The molecule has 112 valence electrons. The van der Waals surface area contributed by atoms with Crippen LogP contribution in [0.25, 0.3) is 0 Å². The van der Waals surface area contributed by atoms with Gasteiger partial charge in [0.15, 0.2) is 0 Å². The first kappa shape index (κ1) is 16.3. The maximum Gasteiger partial charge on any atom is 0.237 e. The van der Waals surface area contributed by atoms with Crippen LogP contribution in [0, 0.1) is 0 Å². The van der Waals surface area contributed by atoms with Crippen LogP contribution in [0.4, 0.5) is 0 Å². The lowest BCUT2D eigenvalue weighted by Gasteiger charge is -2.26. The third kappa shape index (κ3) is 4.74. The van der Waals surface area contributed by atoms with Crippen LogP contribution in [-0.4, -0.2) is 31.7 Å².